The molecule has 0 bridgehead atoms. The first-order valence-electron chi connectivity index (χ1n) is 5.87. The van der Waals surface area contributed by atoms with Crippen LogP contribution in [0.1, 0.15) is 17.4 Å². The third-order valence-corrected chi connectivity index (χ3v) is 4.68. The van der Waals surface area contributed by atoms with Gasteiger partial charge < -0.3 is 14.7 Å². The van der Waals surface area contributed by atoms with E-state index in [0.29, 0.717) is 23.8 Å². The second-order valence-corrected chi connectivity index (χ2v) is 5.88. The van der Waals surface area contributed by atoms with Crippen LogP contribution in [0, 0.1) is 0 Å². The fourth-order valence-corrected chi connectivity index (χ4v) is 3.05. The second kappa shape index (κ2) is 6.76. The highest BCUT2D eigenvalue weighted by Gasteiger charge is 2.11. The molecule has 0 fully saturated rings. The lowest BCUT2D eigenvalue weighted by molar-refractivity contribution is 0.303. The molecule has 0 aliphatic rings. The van der Waals surface area contributed by atoms with Crippen molar-refractivity contribution in [1.82, 2.24) is 0 Å². The fourth-order valence-electron chi connectivity index (χ4n) is 1.67. The molecule has 0 spiro atoms. The molecule has 0 saturated heterocycles. The SMILES string of the molecule is COc1ccc(/C(C)=N/O)c(OCc2sccc2Br)c1. The lowest BCUT2D eigenvalue weighted by Crippen LogP contribution is -2.02. The first kappa shape index (κ1) is 14.9. The van der Waals surface area contributed by atoms with Crippen molar-refractivity contribution in [1.29, 1.82) is 0 Å². The Labute approximate surface area is 129 Å². The summed E-state index contributed by atoms with van der Waals surface area (Å²) < 4.78 is 12.1. The van der Waals surface area contributed by atoms with Gasteiger partial charge in [0.25, 0.3) is 0 Å². The minimum Gasteiger partial charge on any atom is -0.497 e. The number of halogens is 1. The summed E-state index contributed by atoms with van der Waals surface area (Å²) in [5.41, 5.74) is 1.23. The van der Waals surface area contributed by atoms with Gasteiger partial charge in [-0.05, 0) is 46.4 Å². The number of ether oxygens (including phenoxy) is 2. The first-order chi connectivity index (χ1) is 9.65. The summed E-state index contributed by atoms with van der Waals surface area (Å²) in [5, 5.41) is 14.2. The molecule has 0 atom stereocenters. The Balaban J connectivity index is 2.26. The molecule has 4 nitrogen and oxygen atoms in total. The fraction of sp³-hybridized carbons (Fsp3) is 0.214. The summed E-state index contributed by atoms with van der Waals surface area (Å²) in [6.45, 7) is 2.16. The number of nitrogens with zero attached hydrogens (tertiary/aromatic N) is 1. The molecule has 1 N–H and O–H groups in total. The van der Waals surface area contributed by atoms with Crippen LogP contribution in [0.3, 0.4) is 0 Å². The van der Waals surface area contributed by atoms with E-state index in [2.05, 4.69) is 21.1 Å². The molecule has 0 unspecified atom stereocenters. The van der Waals surface area contributed by atoms with Gasteiger partial charge >= 0.3 is 0 Å². The van der Waals surface area contributed by atoms with Gasteiger partial charge in [-0.1, -0.05) is 5.16 Å². The average Bonchev–Trinajstić information content (AvgIpc) is 2.89. The number of hydrogen-bond acceptors (Lipinski definition) is 5. The summed E-state index contributed by atoms with van der Waals surface area (Å²) in [6.07, 6.45) is 0. The lowest BCUT2D eigenvalue weighted by atomic mass is 10.1. The maximum absolute atomic E-state index is 8.93. The molecular weight excluding hydrogens is 342 g/mol. The molecular formula is C14H14BrNO3S. The van der Waals surface area contributed by atoms with Crippen molar-refractivity contribution >= 4 is 33.0 Å². The molecule has 2 rings (SSSR count). The molecule has 0 saturated carbocycles. The topological polar surface area (TPSA) is 51.0 Å². The van der Waals surface area contributed by atoms with Gasteiger partial charge in [0.1, 0.15) is 18.1 Å². The van der Waals surface area contributed by atoms with Crippen molar-refractivity contribution in [3.05, 3.63) is 44.6 Å². The van der Waals surface area contributed by atoms with E-state index in [9.17, 15) is 0 Å². The third kappa shape index (κ3) is 3.32. The highest BCUT2D eigenvalue weighted by atomic mass is 79.9. The normalized spacial score (nSPS) is 11.4. The van der Waals surface area contributed by atoms with E-state index in [0.717, 1.165) is 14.9 Å². The zero-order valence-corrected chi connectivity index (χ0v) is 13.5. The van der Waals surface area contributed by atoms with Crippen molar-refractivity contribution in [3.8, 4) is 11.5 Å². The second-order valence-electron chi connectivity index (χ2n) is 4.03. The summed E-state index contributed by atoms with van der Waals surface area (Å²) in [6, 6.07) is 7.38. The highest BCUT2D eigenvalue weighted by molar-refractivity contribution is 9.10. The van der Waals surface area contributed by atoms with Crippen molar-refractivity contribution in [2.24, 2.45) is 5.16 Å². The Bertz CT molecular complexity index is 625. The lowest BCUT2D eigenvalue weighted by Gasteiger charge is -2.12. The molecule has 0 aliphatic carbocycles. The minimum atomic E-state index is 0.442. The van der Waals surface area contributed by atoms with E-state index in [1.165, 1.54) is 0 Å². The first-order valence-corrected chi connectivity index (χ1v) is 7.54. The van der Waals surface area contributed by atoms with Crippen molar-refractivity contribution in [2.45, 2.75) is 13.5 Å². The Kier molecular flexibility index (Phi) is 5.03. The Morgan fingerprint density at radius 2 is 2.20 bits per heavy atom. The third-order valence-electron chi connectivity index (χ3n) is 2.78. The number of thiophene rings is 1. The highest BCUT2D eigenvalue weighted by Crippen LogP contribution is 2.29. The zero-order chi connectivity index (χ0) is 14.5. The summed E-state index contributed by atoms with van der Waals surface area (Å²) >= 11 is 5.09. The maximum Gasteiger partial charge on any atom is 0.132 e. The molecule has 0 radical (unpaired) electrons. The van der Waals surface area contributed by atoms with E-state index in [4.69, 9.17) is 14.7 Å². The smallest absolute Gasteiger partial charge is 0.132 e. The number of hydrogen-bond donors (Lipinski definition) is 1. The van der Waals surface area contributed by atoms with Gasteiger partial charge in [0.05, 0.1) is 17.7 Å². The molecule has 1 aromatic carbocycles. The Morgan fingerprint density at radius 1 is 1.40 bits per heavy atom. The predicted octanol–water partition coefficient (Wildman–Crippen LogP) is 4.30. The van der Waals surface area contributed by atoms with Gasteiger partial charge in [-0.3, -0.25) is 0 Å². The molecule has 0 aliphatic heterocycles. The standard InChI is InChI=1S/C14H14BrNO3S/c1-9(16-17)11-4-3-10(18-2)7-13(11)19-8-14-12(15)5-6-20-14/h3-7,17H,8H2,1-2H3/b16-9+. The van der Waals surface area contributed by atoms with Crippen LogP contribution in [0.5, 0.6) is 11.5 Å². The van der Waals surface area contributed by atoms with Crippen LogP contribution in [-0.2, 0) is 6.61 Å². The predicted molar refractivity (Wildman–Crippen MR) is 83.3 cm³/mol. The van der Waals surface area contributed by atoms with E-state index >= 15 is 0 Å². The summed E-state index contributed by atoms with van der Waals surface area (Å²) in [5.74, 6) is 1.32. The van der Waals surface area contributed by atoms with Crippen molar-refractivity contribution in [3.63, 3.8) is 0 Å². The number of methoxy groups -OCH3 is 1. The van der Waals surface area contributed by atoms with Crippen LogP contribution >= 0.6 is 27.3 Å². The van der Waals surface area contributed by atoms with Gasteiger partial charge in [0.2, 0.25) is 0 Å². The van der Waals surface area contributed by atoms with Crippen LogP contribution in [0.25, 0.3) is 0 Å². The number of rotatable bonds is 5. The van der Waals surface area contributed by atoms with Gasteiger partial charge in [-0.15, -0.1) is 11.3 Å². The largest absolute Gasteiger partial charge is 0.497 e. The van der Waals surface area contributed by atoms with Crippen LogP contribution in [0.2, 0.25) is 0 Å². The number of oxime groups is 1. The maximum atomic E-state index is 8.93. The molecule has 20 heavy (non-hydrogen) atoms. The molecule has 1 aromatic heterocycles. The Hall–Kier alpha value is -1.53. The van der Waals surface area contributed by atoms with Crippen molar-refractivity contribution in [2.75, 3.05) is 7.11 Å². The summed E-state index contributed by atoms with van der Waals surface area (Å²) in [7, 11) is 1.60. The van der Waals surface area contributed by atoms with Gasteiger partial charge in [0.15, 0.2) is 0 Å². The minimum absolute atomic E-state index is 0.442. The quantitative estimate of drug-likeness (QED) is 0.494. The molecule has 2 aromatic rings. The van der Waals surface area contributed by atoms with Crippen LogP contribution in [0.15, 0.2) is 39.3 Å². The van der Waals surface area contributed by atoms with Crippen LogP contribution in [-0.4, -0.2) is 18.0 Å². The van der Waals surface area contributed by atoms with Gasteiger partial charge in [-0.2, -0.15) is 0 Å². The van der Waals surface area contributed by atoms with E-state index in [1.807, 2.05) is 17.5 Å². The molecule has 106 valence electrons. The monoisotopic (exact) mass is 355 g/mol. The van der Waals surface area contributed by atoms with Gasteiger partial charge in [-0.25, -0.2) is 0 Å². The zero-order valence-electron chi connectivity index (χ0n) is 11.1. The number of benzene rings is 1. The van der Waals surface area contributed by atoms with Crippen LogP contribution in [0.4, 0.5) is 0 Å². The van der Waals surface area contributed by atoms with E-state index < -0.39 is 0 Å². The van der Waals surface area contributed by atoms with Gasteiger partial charge in [0, 0.05) is 16.1 Å². The van der Waals surface area contributed by atoms with E-state index in [1.54, 1.807) is 37.5 Å². The molecule has 0 amide bonds. The van der Waals surface area contributed by atoms with Crippen molar-refractivity contribution < 1.29 is 14.7 Å². The van der Waals surface area contributed by atoms with Crippen LogP contribution < -0.4 is 9.47 Å². The van der Waals surface area contributed by atoms with E-state index in [-0.39, 0.29) is 0 Å². The Morgan fingerprint density at radius 3 is 2.80 bits per heavy atom. The summed E-state index contributed by atoms with van der Waals surface area (Å²) in [4.78, 5) is 1.09. The average molecular weight is 356 g/mol. The molecule has 1 heterocycles. The molecule has 6 heteroatoms.